The van der Waals surface area contributed by atoms with Crippen molar-refractivity contribution < 1.29 is 19.2 Å². The Bertz CT molecular complexity index is 759. The van der Waals surface area contributed by atoms with Crippen LogP contribution in [0.15, 0.2) is 54.6 Å². The molecule has 1 fully saturated rings. The highest BCUT2D eigenvalue weighted by molar-refractivity contribution is 6.21. The van der Waals surface area contributed by atoms with Crippen molar-refractivity contribution in [3.8, 4) is 5.75 Å². The maximum atomic E-state index is 12.9. The number of nitrogens with zero attached hydrogens (tertiary/aromatic N) is 1. The third kappa shape index (κ3) is 3.94. The Kier molecular flexibility index (Phi) is 5.68. The van der Waals surface area contributed by atoms with Crippen LogP contribution in [0.1, 0.15) is 25.3 Å². The second kappa shape index (κ2) is 8.15. The number of benzene rings is 2. The van der Waals surface area contributed by atoms with Crippen LogP contribution in [-0.4, -0.2) is 31.5 Å². The van der Waals surface area contributed by atoms with E-state index in [1.54, 1.807) is 24.3 Å². The standard InChI is InChI=1S/C21H24N2O3/c1-3-13-26-18-11-9-17(10-12-18)23-20(24)14-19(21(23)25)22(2)15-16-7-5-4-6-8-16/h4-12,19H,3,13-15H2,1-2H3/p+1/t19-/m1/s1. The Morgan fingerprint density at radius 1 is 1.08 bits per heavy atom. The smallest absolute Gasteiger partial charge is 0.292 e. The lowest BCUT2D eigenvalue weighted by Crippen LogP contribution is -3.12. The van der Waals surface area contributed by atoms with Gasteiger partial charge in [-0.1, -0.05) is 37.3 Å². The number of rotatable bonds is 7. The van der Waals surface area contributed by atoms with E-state index >= 15 is 0 Å². The molecule has 2 aromatic carbocycles. The molecule has 1 N–H and O–H groups in total. The topological polar surface area (TPSA) is 51.0 Å². The summed E-state index contributed by atoms with van der Waals surface area (Å²) in [5.41, 5.74) is 1.76. The summed E-state index contributed by atoms with van der Waals surface area (Å²) < 4.78 is 5.56. The summed E-state index contributed by atoms with van der Waals surface area (Å²) in [6.45, 7) is 3.41. The fourth-order valence-corrected chi connectivity index (χ4v) is 3.24. The SMILES string of the molecule is CCCOc1ccc(N2C(=O)C[C@@H]([NH+](C)Cc3ccccc3)C2=O)cc1. The van der Waals surface area contributed by atoms with Crippen LogP contribution >= 0.6 is 0 Å². The van der Waals surface area contributed by atoms with E-state index < -0.39 is 0 Å². The van der Waals surface area contributed by atoms with Crippen LogP contribution in [0.5, 0.6) is 5.75 Å². The molecule has 3 rings (SSSR count). The van der Waals surface area contributed by atoms with Crippen LogP contribution in [0.4, 0.5) is 5.69 Å². The second-order valence-corrected chi connectivity index (χ2v) is 6.68. The first-order valence-electron chi connectivity index (χ1n) is 9.06. The fourth-order valence-electron chi connectivity index (χ4n) is 3.24. The van der Waals surface area contributed by atoms with Crippen molar-refractivity contribution in [1.82, 2.24) is 0 Å². The summed E-state index contributed by atoms with van der Waals surface area (Å²) in [5.74, 6) is 0.471. The quantitative estimate of drug-likeness (QED) is 0.773. The predicted molar refractivity (Wildman–Crippen MR) is 100 cm³/mol. The monoisotopic (exact) mass is 353 g/mol. The summed E-state index contributed by atoms with van der Waals surface area (Å²) >= 11 is 0. The van der Waals surface area contributed by atoms with Gasteiger partial charge in [0.25, 0.3) is 5.91 Å². The molecular weight excluding hydrogens is 328 g/mol. The molecule has 0 radical (unpaired) electrons. The fraction of sp³-hybridized carbons (Fsp3) is 0.333. The molecule has 1 aliphatic heterocycles. The molecule has 1 heterocycles. The Balaban J connectivity index is 1.70. The van der Waals surface area contributed by atoms with E-state index in [1.165, 1.54) is 4.90 Å². The van der Waals surface area contributed by atoms with E-state index in [2.05, 4.69) is 0 Å². The maximum Gasteiger partial charge on any atom is 0.292 e. The van der Waals surface area contributed by atoms with Gasteiger partial charge >= 0.3 is 0 Å². The minimum atomic E-state index is -0.348. The van der Waals surface area contributed by atoms with Crippen molar-refractivity contribution in [2.45, 2.75) is 32.4 Å². The third-order valence-electron chi connectivity index (χ3n) is 4.64. The summed E-state index contributed by atoms with van der Waals surface area (Å²) in [5, 5.41) is 0. The lowest BCUT2D eigenvalue weighted by Gasteiger charge is -2.20. The molecule has 2 atom stereocenters. The number of carbonyl (C=O) groups is 2. The molecule has 0 aromatic heterocycles. The van der Waals surface area contributed by atoms with Crippen molar-refractivity contribution in [3.05, 3.63) is 60.2 Å². The Morgan fingerprint density at radius 2 is 1.77 bits per heavy atom. The van der Waals surface area contributed by atoms with Gasteiger partial charge in [0.1, 0.15) is 12.3 Å². The first kappa shape index (κ1) is 18.1. The largest absolute Gasteiger partial charge is 0.494 e. The van der Waals surface area contributed by atoms with Crippen molar-refractivity contribution in [1.29, 1.82) is 0 Å². The molecule has 0 spiro atoms. The summed E-state index contributed by atoms with van der Waals surface area (Å²) in [6.07, 6.45) is 1.18. The Labute approximate surface area is 154 Å². The van der Waals surface area contributed by atoms with Gasteiger partial charge in [-0.15, -0.1) is 0 Å². The molecule has 26 heavy (non-hydrogen) atoms. The van der Waals surface area contributed by atoms with Crippen molar-refractivity contribution in [3.63, 3.8) is 0 Å². The molecule has 136 valence electrons. The van der Waals surface area contributed by atoms with Gasteiger partial charge in [-0.05, 0) is 30.7 Å². The second-order valence-electron chi connectivity index (χ2n) is 6.68. The molecule has 5 nitrogen and oxygen atoms in total. The van der Waals surface area contributed by atoms with Crippen molar-refractivity contribution in [2.24, 2.45) is 0 Å². The molecule has 5 heteroatoms. The summed E-state index contributed by atoms with van der Waals surface area (Å²) in [6, 6.07) is 16.8. The number of hydrogen-bond acceptors (Lipinski definition) is 3. The molecule has 1 saturated heterocycles. The van der Waals surface area contributed by atoms with Gasteiger partial charge in [-0.3, -0.25) is 9.59 Å². The Hall–Kier alpha value is -2.66. The first-order valence-corrected chi connectivity index (χ1v) is 9.06. The van der Waals surface area contributed by atoms with Crippen molar-refractivity contribution in [2.75, 3.05) is 18.6 Å². The molecule has 0 bridgehead atoms. The number of nitrogens with one attached hydrogen (secondary N) is 1. The summed E-state index contributed by atoms with van der Waals surface area (Å²) in [7, 11) is 1.97. The molecule has 0 aliphatic carbocycles. The van der Waals surface area contributed by atoms with E-state index in [0.29, 0.717) is 18.8 Å². The van der Waals surface area contributed by atoms with Crippen LogP contribution in [-0.2, 0) is 16.1 Å². The zero-order valence-corrected chi connectivity index (χ0v) is 15.3. The minimum absolute atomic E-state index is 0.134. The van der Waals surface area contributed by atoms with Gasteiger partial charge in [0.2, 0.25) is 5.91 Å². The van der Waals surface area contributed by atoms with Gasteiger partial charge < -0.3 is 9.64 Å². The highest BCUT2D eigenvalue weighted by atomic mass is 16.5. The van der Waals surface area contributed by atoms with E-state index in [0.717, 1.165) is 22.6 Å². The number of ether oxygens (including phenoxy) is 1. The average Bonchev–Trinajstić information content (AvgIpc) is 2.96. The first-order chi connectivity index (χ1) is 12.6. The molecule has 1 aliphatic rings. The molecule has 2 amide bonds. The van der Waals surface area contributed by atoms with Gasteiger partial charge in [-0.2, -0.15) is 0 Å². The normalized spacial score (nSPS) is 18.2. The molecule has 2 aromatic rings. The van der Waals surface area contributed by atoms with Crippen LogP contribution in [0, 0.1) is 0 Å². The van der Waals surface area contributed by atoms with Gasteiger partial charge in [0.15, 0.2) is 6.04 Å². The lowest BCUT2D eigenvalue weighted by molar-refractivity contribution is -0.908. The summed E-state index contributed by atoms with van der Waals surface area (Å²) in [4.78, 5) is 27.7. The maximum absolute atomic E-state index is 12.9. The van der Waals surface area contributed by atoms with Crippen LogP contribution in [0.2, 0.25) is 0 Å². The van der Waals surface area contributed by atoms with E-state index in [1.807, 2.05) is 44.3 Å². The van der Waals surface area contributed by atoms with Crippen LogP contribution in [0.25, 0.3) is 0 Å². The van der Waals surface area contributed by atoms with Crippen molar-refractivity contribution >= 4 is 17.5 Å². The Morgan fingerprint density at radius 3 is 2.42 bits per heavy atom. The number of quaternary nitrogens is 1. The zero-order chi connectivity index (χ0) is 18.5. The molecule has 1 unspecified atom stereocenters. The van der Waals surface area contributed by atoms with Gasteiger partial charge in [0.05, 0.1) is 25.8 Å². The zero-order valence-electron chi connectivity index (χ0n) is 15.3. The molecular formula is C21H25N2O3+. The number of anilines is 1. The van der Waals surface area contributed by atoms with Gasteiger partial charge in [0, 0.05) is 5.56 Å². The minimum Gasteiger partial charge on any atom is -0.494 e. The van der Waals surface area contributed by atoms with E-state index in [4.69, 9.17) is 4.74 Å². The third-order valence-corrected chi connectivity index (χ3v) is 4.64. The number of carbonyl (C=O) groups excluding carboxylic acids is 2. The number of imide groups is 1. The highest BCUT2D eigenvalue weighted by Crippen LogP contribution is 2.24. The average molecular weight is 353 g/mol. The number of hydrogen-bond donors (Lipinski definition) is 1. The number of amides is 2. The van der Waals surface area contributed by atoms with E-state index in [9.17, 15) is 9.59 Å². The lowest BCUT2D eigenvalue weighted by atomic mass is 10.1. The highest BCUT2D eigenvalue weighted by Gasteiger charge is 2.44. The van der Waals surface area contributed by atoms with Crippen LogP contribution < -0.4 is 14.5 Å². The van der Waals surface area contributed by atoms with Gasteiger partial charge in [-0.25, -0.2) is 4.90 Å². The van der Waals surface area contributed by atoms with E-state index in [-0.39, 0.29) is 24.3 Å². The predicted octanol–water partition coefficient (Wildman–Crippen LogP) is 1.82. The number of likely N-dealkylation sites (N-methyl/N-ethyl adjacent to an activating group) is 1. The van der Waals surface area contributed by atoms with Crippen LogP contribution in [0.3, 0.4) is 0 Å². The molecule has 0 saturated carbocycles.